The lowest BCUT2D eigenvalue weighted by molar-refractivity contribution is -0.385. The number of nitro groups is 2. The van der Waals surface area contributed by atoms with Gasteiger partial charge in [0.2, 0.25) is 0 Å². The molecule has 0 aliphatic heterocycles. The van der Waals surface area contributed by atoms with Crippen molar-refractivity contribution < 1.29 is 14.6 Å². The Morgan fingerprint density at radius 2 is 1.76 bits per heavy atom. The highest BCUT2D eigenvalue weighted by molar-refractivity contribution is 5.59. The van der Waals surface area contributed by atoms with E-state index in [-0.39, 0.29) is 23.2 Å². The van der Waals surface area contributed by atoms with Gasteiger partial charge >= 0.3 is 5.69 Å². The molecule has 8 nitrogen and oxygen atoms in total. The van der Waals surface area contributed by atoms with Crippen LogP contribution in [0.4, 0.5) is 17.1 Å². The summed E-state index contributed by atoms with van der Waals surface area (Å²) in [6.45, 7) is 5.60. The third-order valence-corrected chi connectivity index (χ3v) is 3.77. The van der Waals surface area contributed by atoms with Crippen LogP contribution in [0.3, 0.4) is 0 Å². The highest BCUT2D eigenvalue weighted by Gasteiger charge is 2.18. The maximum Gasteiger partial charge on any atom is 0.311 e. The molecule has 1 atom stereocenters. The standard InChI is InChI=1S/C17H19N3O5/c1-4-25-17-10-14(7-8-15(17)19(21)22)18-12(3)13-6-5-11(2)16(9-13)20(23)24/h5-10,12,18H,4H2,1-3H3. The quantitative estimate of drug-likeness (QED) is 0.589. The number of ether oxygens (including phenoxy) is 1. The SMILES string of the molecule is CCOc1cc(NC(C)c2ccc(C)c([N+](=O)[O-])c2)ccc1[N+](=O)[O-]. The van der Waals surface area contributed by atoms with Crippen LogP contribution in [0, 0.1) is 27.2 Å². The molecule has 1 N–H and O–H groups in total. The van der Waals surface area contributed by atoms with E-state index in [2.05, 4.69) is 5.32 Å². The van der Waals surface area contributed by atoms with Crippen molar-refractivity contribution in [1.82, 2.24) is 0 Å². The van der Waals surface area contributed by atoms with Crippen molar-refractivity contribution in [2.24, 2.45) is 0 Å². The summed E-state index contributed by atoms with van der Waals surface area (Å²) < 4.78 is 5.32. The van der Waals surface area contributed by atoms with Crippen molar-refractivity contribution in [2.75, 3.05) is 11.9 Å². The van der Waals surface area contributed by atoms with Crippen LogP contribution in [0.25, 0.3) is 0 Å². The second-order valence-corrected chi connectivity index (χ2v) is 5.54. The number of benzene rings is 2. The average Bonchev–Trinajstić information content (AvgIpc) is 2.55. The Morgan fingerprint density at radius 3 is 2.36 bits per heavy atom. The molecular weight excluding hydrogens is 326 g/mol. The highest BCUT2D eigenvalue weighted by Crippen LogP contribution is 2.32. The molecule has 0 spiro atoms. The topological polar surface area (TPSA) is 108 Å². The molecule has 0 saturated carbocycles. The lowest BCUT2D eigenvalue weighted by Gasteiger charge is -2.17. The van der Waals surface area contributed by atoms with Crippen LogP contribution in [0.15, 0.2) is 36.4 Å². The van der Waals surface area contributed by atoms with Gasteiger partial charge in [-0.2, -0.15) is 0 Å². The second kappa shape index (κ2) is 7.61. The molecule has 2 rings (SSSR count). The van der Waals surface area contributed by atoms with Crippen LogP contribution in [0.5, 0.6) is 5.75 Å². The normalized spacial score (nSPS) is 11.6. The molecule has 25 heavy (non-hydrogen) atoms. The van der Waals surface area contributed by atoms with Gasteiger partial charge in [-0.25, -0.2) is 0 Å². The van der Waals surface area contributed by atoms with E-state index >= 15 is 0 Å². The van der Waals surface area contributed by atoms with Crippen LogP contribution < -0.4 is 10.1 Å². The number of nitro benzene ring substituents is 2. The first-order chi connectivity index (χ1) is 11.8. The molecule has 0 radical (unpaired) electrons. The monoisotopic (exact) mass is 345 g/mol. The molecule has 0 aliphatic carbocycles. The fourth-order valence-corrected chi connectivity index (χ4v) is 2.45. The number of rotatable bonds is 7. The number of nitrogens with one attached hydrogen (secondary N) is 1. The Labute approximate surface area is 144 Å². The molecule has 2 aromatic rings. The summed E-state index contributed by atoms with van der Waals surface area (Å²) in [4.78, 5) is 21.2. The van der Waals surface area contributed by atoms with E-state index in [4.69, 9.17) is 4.74 Å². The Hall–Kier alpha value is -3.16. The summed E-state index contributed by atoms with van der Waals surface area (Å²) >= 11 is 0. The van der Waals surface area contributed by atoms with Crippen molar-refractivity contribution in [3.63, 3.8) is 0 Å². The molecule has 2 aromatic carbocycles. The van der Waals surface area contributed by atoms with Gasteiger partial charge in [0.25, 0.3) is 5.69 Å². The number of anilines is 1. The van der Waals surface area contributed by atoms with E-state index in [1.54, 1.807) is 32.0 Å². The smallest absolute Gasteiger partial charge is 0.311 e. The maximum atomic E-state index is 11.1. The first-order valence-electron chi connectivity index (χ1n) is 7.76. The zero-order valence-electron chi connectivity index (χ0n) is 14.2. The van der Waals surface area contributed by atoms with Gasteiger partial charge in [0.15, 0.2) is 5.75 Å². The van der Waals surface area contributed by atoms with Gasteiger partial charge in [-0.05, 0) is 32.4 Å². The van der Waals surface area contributed by atoms with Crippen LogP contribution in [0.1, 0.15) is 31.0 Å². The van der Waals surface area contributed by atoms with Crippen molar-refractivity contribution in [3.05, 3.63) is 67.8 Å². The lowest BCUT2D eigenvalue weighted by Crippen LogP contribution is -2.08. The first kappa shape index (κ1) is 18.2. The number of hydrogen-bond acceptors (Lipinski definition) is 6. The predicted molar refractivity (Wildman–Crippen MR) is 94.1 cm³/mol. The van der Waals surface area contributed by atoms with E-state index < -0.39 is 9.85 Å². The van der Waals surface area contributed by atoms with Crippen LogP contribution in [0.2, 0.25) is 0 Å². The van der Waals surface area contributed by atoms with Crippen LogP contribution >= 0.6 is 0 Å². The third kappa shape index (κ3) is 4.23. The highest BCUT2D eigenvalue weighted by atomic mass is 16.6. The number of hydrogen-bond donors (Lipinski definition) is 1. The van der Waals surface area contributed by atoms with Crippen LogP contribution in [-0.2, 0) is 0 Å². The predicted octanol–water partition coefficient (Wildman–Crippen LogP) is 4.38. The minimum Gasteiger partial charge on any atom is -0.487 e. The average molecular weight is 345 g/mol. The Balaban J connectivity index is 2.27. The second-order valence-electron chi connectivity index (χ2n) is 5.54. The van der Waals surface area contributed by atoms with Gasteiger partial charge < -0.3 is 10.1 Å². The minimum absolute atomic E-state index is 0.0601. The van der Waals surface area contributed by atoms with Gasteiger partial charge in [-0.3, -0.25) is 20.2 Å². The van der Waals surface area contributed by atoms with E-state index in [0.29, 0.717) is 17.9 Å². The molecular formula is C17H19N3O5. The first-order valence-corrected chi connectivity index (χ1v) is 7.76. The third-order valence-electron chi connectivity index (χ3n) is 3.77. The molecule has 0 bridgehead atoms. The lowest BCUT2D eigenvalue weighted by atomic mass is 10.0. The maximum absolute atomic E-state index is 11.1. The molecule has 0 aromatic heterocycles. The van der Waals surface area contributed by atoms with Crippen molar-refractivity contribution in [3.8, 4) is 5.75 Å². The fraction of sp³-hybridized carbons (Fsp3) is 0.294. The molecule has 0 heterocycles. The Bertz CT molecular complexity index is 807. The zero-order valence-corrected chi connectivity index (χ0v) is 14.2. The molecule has 0 aliphatic rings. The van der Waals surface area contributed by atoms with Crippen molar-refractivity contribution >= 4 is 17.1 Å². The molecule has 132 valence electrons. The molecule has 0 amide bonds. The summed E-state index contributed by atoms with van der Waals surface area (Å²) in [5.74, 6) is 0.180. The Morgan fingerprint density at radius 1 is 1.08 bits per heavy atom. The van der Waals surface area contributed by atoms with Crippen LogP contribution in [-0.4, -0.2) is 16.5 Å². The minimum atomic E-state index is -0.498. The van der Waals surface area contributed by atoms with Gasteiger partial charge in [0.1, 0.15) is 0 Å². The van der Waals surface area contributed by atoms with Gasteiger partial charge in [-0.1, -0.05) is 12.1 Å². The van der Waals surface area contributed by atoms with Gasteiger partial charge in [0, 0.05) is 35.5 Å². The fourth-order valence-electron chi connectivity index (χ4n) is 2.45. The summed E-state index contributed by atoms with van der Waals surface area (Å²) in [5.41, 5.74) is 1.92. The van der Waals surface area contributed by atoms with E-state index in [0.717, 1.165) is 5.56 Å². The summed E-state index contributed by atoms with van der Waals surface area (Å²) in [6.07, 6.45) is 0. The largest absolute Gasteiger partial charge is 0.487 e. The van der Waals surface area contributed by atoms with E-state index in [1.165, 1.54) is 12.1 Å². The zero-order chi connectivity index (χ0) is 18.6. The molecule has 8 heteroatoms. The van der Waals surface area contributed by atoms with E-state index in [1.807, 2.05) is 13.0 Å². The molecule has 0 fully saturated rings. The molecule has 1 unspecified atom stereocenters. The van der Waals surface area contributed by atoms with Crippen molar-refractivity contribution in [2.45, 2.75) is 26.8 Å². The number of nitrogens with zero attached hydrogens (tertiary/aromatic N) is 2. The Kier molecular flexibility index (Phi) is 5.53. The summed E-state index contributed by atoms with van der Waals surface area (Å²) in [5, 5.41) is 25.3. The van der Waals surface area contributed by atoms with E-state index in [9.17, 15) is 20.2 Å². The van der Waals surface area contributed by atoms with Gasteiger partial charge in [0.05, 0.1) is 16.5 Å². The van der Waals surface area contributed by atoms with Gasteiger partial charge in [-0.15, -0.1) is 0 Å². The molecule has 0 saturated heterocycles. The number of aryl methyl sites for hydroxylation is 1. The summed E-state index contributed by atoms with van der Waals surface area (Å²) in [7, 11) is 0. The van der Waals surface area contributed by atoms with Crippen molar-refractivity contribution in [1.29, 1.82) is 0 Å². The summed E-state index contributed by atoms with van der Waals surface area (Å²) in [6, 6.07) is 9.33.